The summed E-state index contributed by atoms with van der Waals surface area (Å²) >= 11 is 1.74. The van der Waals surface area contributed by atoms with Crippen LogP contribution in [0.4, 0.5) is 4.79 Å². The minimum absolute atomic E-state index is 0.0318. The summed E-state index contributed by atoms with van der Waals surface area (Å²) in [6, 6.07) is 8.83. The fourth-order valence-corrected chi connectivity index (χ4v) is 4.23. The van der Waals surface area contributed by atoms with Crippen molar-refractivity contribution in [3.63, 3.8) is 0 Å². The highest BCUT2D eigenvalue weighted by molar-refractivity contribution is 7.09. The monoisotopic (exact) mass is 358 g/mol. The molecule has 2 amide bonds. The first-order valence-corrected chi connectivity index (χ1v) is 10.2. The van der Waals surface area contributed by atoms with Crippen molar-refractivity contribution >= 4 is 17.4 Å². The van der Waals surface area contributed by atoms with Gasteiger partial charge in [0.25, 0.3) is 0 Å². The Labute approximate surface area is 153 Å². The molecule has 134 valence electrons. The SMILES string of the molecule is CC(Cc1cccs1)NC(=O)N(Cc1ccc(C2CC2C)o1)C1CC1. The largest absolute Gasteiger partial charge is 0.464 e. The van der Waals surface area contributed by atoms with Gasteiger partial charge >= 0.3 is 6.03 Å². The third kappa shape index (κ3) is 4.09. The van der Waals surface area contributed by atoms with Gasteiger partial charge in [0.05, 0.1) is 6.54 Å². The highest BCUT2D eigenvalue weighted by atomic mass is 32.1. The van der Waals surface area contributed by atoms with Crippen molar-refractivity contribution < 1.29 is 9.21 Å². The second-order valence-corrected chi connectivity index (χ2v) is 8.65. The van der Waals surface area contributed by atoms with Crippen molar-refractivity contribution in [3.05, 3.63) is 46.0 Å². The predicted octanol–water partition coefficient (Wildman–Crippen LogP) is 4.77. The van der Waals surface area contributed by atoms with Gasteiger partial charge in [-0.15, -0.1) is 11.3 Å². The molecule has 5 heteroatoms. The zero-order chi connectivity index (χ0) is 17.4. The van der Waals surface area contributed by atoms with E-state index < -0.39 is 0 Å². The van der Waals surface area contributed by atoms with Gasteiger partial charge in [0.1, 0.15) is 11.5 Å². The first-order valence-electron chi connectivity index (χ1n) is 9.28. The summed E-state index contributed by atoms with van der Waals surface area (Å²) in [5, 5.41) is 5.24. The van der Waals surface area contributed by atoms with Crippen LogP contribution in [-0.2, 0) is 13.0 Å². The zero-order valence-electron chi connectivity index (χ0n) is 14.9. The molecule has 3 atom stereocenters. The molecule has 25 heavy (non-hydrogen) atoms. The van der Waals surface area contributed by atoms with Crippen LogP contribution in [-0.4, -0.2) is 23.0 Å². The first kappa shape index (κ1) is 16.7. The average molecular weight is 359 g/mol. The molecule has 2 aliphatic carbocycles. The van der Waals surface area contributed by atoms with Gasteiger partial charge in [-0.2, -0.15) is 0 Å². The molecule has 0 radical (unpaired) electrons. The number of furan rings is 1. The van der Waals surface area contributed by atoms with Crippen LogP contribution in [0.1, 0.15) is 55.4 Å². The second kappa shape index (κ2) is 6.87. The highest BCUT2D eigenvalue weighted by Gasteiger charge is 2.37. The molecule has 0 aliphatic heterocycles. The molecule has 0 saturated heterocycles. The zero-order valence-corrected chi connectivity index (χ0v) is 15.7. The number of nitrogens with one attached hydrogen (secondary N) is 1. The number of rotatable bonds is 7. The van der Waals surface area contributed by atoms with Gasteiger partial charge in [-0.1, -0.05) is 13.0 Å². The van der Waals surface area contributed by atoms with Crippen LogP contribution >= 0.6 is 11.3 Å². The van der Waals surface area contributed by atoms with E-state index in [1.165, 1.54) is 11.3 Å². The number of thiophene rings is 1. The van der Waals surface area contributed by atoms with E-state index in [9.17, 15) is 4.79 Å². The number of urea groups is 1. The minimum atomic E-state index is 0.0318. The summed E-state index contributed by atoms with van der Waals surface area (Å²) in [6.45, 7) is 4.90. The van der Waals surface area contributed by atoms with E-state index in [2.05, 4.69) is 42.7 Å². The van der Waals surface area contributed by atoms with Crippen molar-refractivity contribution in [2.45, 2.75) is 64.1 Å². The van der Waals surface area contributed by atoms with E-state index >= 15 is 0 Å². The van der Waals surface area contributed by atoms with Crippen LogP contribution in [0, 0.1) is 5.92 Å². The van der Waals surface area contributed by atoms with Gasteiger partial charge in [-0.3, -0.25) is 0 Å². The van der Waals surface area contributed by atoms with Crippen LogP contribution in [0.25, 0.3) is 0 Å². The van der Waals surface area contributed by atoms with E-state index in [-0.39, 0.29) is 12.1 Å². The van der Waals surface area contributed by atoms with E-state index in [1.807, 2.05) is 11.0 Å². The smallest absolute Gasteiger partial charge is 0.318 e. The summed E-state index contributed by atoms with van der Waals surface area (Å²) in [7, 11) is 0. The van der Waals surface area contributed by atoms with E-state index in [1.54, 1.807) is 11.3 Å². The van der Waals surface area contributed by atoms with Crippen molar-refractivity contribution in [2.75, 3.05) is 0 Å². The van der Waals surface area contributed by atoms with Crippen LogP contribution in [0.2, 0.25) is 0 Å². The molecule has 2 saturated carbocycles. The molecule has 3 unspecified atom stereocenters. The summed E-state index contributed by atoms with van der Waals surface area (Å²) in [5.41, 5.74) is 0. The Kier molecular flexibility index (Phi) is 4.59. The number of hydrogen-bond acceptors (Lipinski definition) is 3. The molecule has 2 heterocycles. The number of nitrogens with zero attached hydrogens (tertiary/aromatic N) is 1. The first-order chi connectivity index (χ1) is 12.1. The normalized spacial score (nSPS) is 23.3. The molecular weight excluding hydrogens is 332 g/mol. The molecule has 2 aromatic rings. The van der Waals surface area contributed by atoms with Gasteiger partial charge in [0.15, 0.2) is 0 Å². The Morgan fingerprint density at radius 2 is 2.20 bits per heavy atom. The van der Waals surface area contributed by atoms with Crippen LogP contribution in [0.15, 0.2) is 34.1 Å². The number of amides is 2. The van der Waals surface area contributed by atoms with Crippen molar-refractivity contribution in [2.24, 2.45) is 5.92 Å². The lowest BCUT2D eigenvalue weighted by molar-refractivity contribution is 0.183. The van der Waals surface area contributed by atoms with Gasteiger partial charge in [-0.25, -0.2) is 4.79 Å². The minimum Gasteiger partial charge on any atom is -0.464 e. The van der Waals surface area contributed by atoms with Crippen LogP contribution in [0.5, 0.6) is 0 Å². The molecule has 0 spiro atoms. The molecule has 4 rings (SSSR count). The quantitative estimate of drug-likeness (QED) is 0.775. The number of carbonyl (C=O) groups is 1. The second-order valence-electron chi connectivity index (χ2n) is 7.62. The topological polar surface area (TPSA) is 45.5 Å². The molecule has 2 fully saturated rings. The third-order valence-electron chi connectivity index (χ3n) is 5.19. The fraction of sp³-hybridized carbons (Fsp3) is 0.550. The molecule has 1 N–H and O–H groups in total. The molecule has 4 nitrogen and oxygen atoms in total. The summed E-state index contributed by atoms with van der Waals surface area (Å²) in [4.78, 5) is 16.0. The lowest BCUT2D eigenvalue weighted by Crippen LogP contribution is -2.45. The molecule has 0 aromatic carbocycles. The summed E-state index contributed by atoms with van der Waals surface area (Å²) < 4.78 is 6.01. The van der Waals surface area contributed by atoms with Gasteiger partial charge in [0.2, 0.25) is 0 Å². The predicted molar refractivity (Wildman–Crippen MR) is 99.8 cm³/mol. The Bertz CT molecular complexity index is 720. The Balaban J connectivity index is 1.35. The van der Waals surface area contributed by atoms with Crippen molar-refractivity contribution in [3.8, 4) is 0 Å². The molecule has 2 aromatic heterocycles. The maximum Gasteiger partial charge on any atom is 0.318 e. The lowest BCUT2D eigenvalue weighted by atomic mass is 10.2. The van der Waals surface area contributed by atoms with E-state index in [0.29, 0.717) is 18.5 Å². The average Bonchev–Trinajstić information content (AvgIpc) is 3.43. The van der Waals surface area contributed by atoms with E-state index in [0.717, 1.165) is 36.7 Å². The highest BCUT2D eigenvalue weighted by Crippen LogP contribution is 2.47. The Morgan fingerprint density at radius 3 is 2.84 bits per heavy atom. The third-order valence-corrected chi connectivity index (χ3v) is 6.09. The molecule has 0 bridgehead atoms. The standard InChI is InChI=1S/C20H26N2O2S/c1-13-10-18(13)19-8-7-16(24-19)12-22(15-5-6-15)20(23)21-14(2)11-17-4-3-9-25-17/h3-4,7-9,13-15,18H,5-6,10-12H2,1-2H3,(H,21,23). The van der Waals surface area contributed by atoms with Gasteiger partial charge in [0, 0.05) is 29.3 Å². The van der Waals surface area contributed by atoms with Crippen LogP contribution in [0.3, 0.4) is 0 Å². The number of hydrogen-bond donors (Lipinski definition) is 1. The lowest BCUT2D eigenvalue weighted by Gasteiger charge is -2.24. The summed E-state index contributed by atoms with van der Waals surface area (Å²) in [5.74, 6) is 3.31. The molecule has 2 aliphatic rings. The van der Waals surface area contributed by atoms with E-state index in [4.69, 9.17) is 4.42 Å². The van der Waals surface area contributed by atoms with Crippen molar-refractivity contribution in [1.82, 2.24) is 10.2 Å². The van der Waals surface area contributed by atoms with Crippen LogP contribution < -0.4 is 5.32 Å². The molecular formula is C20H26N2O2S. The summed E-state index contributed by atoms with van der Waals surface area (Å²) in [6.07, 6.45) is 4.30. The van der Waals surface area contributed by atoms with Gasteiger partial charge < -0.3 is 14.6 Å². The Hall–Kier alpha value is -1.75. The van der Waals surface area contributed by atoms with Gasteiger partial charge in [-0.05, 0) is 55.7 Å². The number of carbonyl (C=O) groups excluding carboxylic acids is 1. The fourth-order valence-electron chi connectivity index (χ4n) is 3.39. The maximum absolute atomic E-state index is 12.7. The Morgan fingerprint density at radius 1 is 1.40 bits per heavy atom. The van der Waals surface area contributed by atoms with Crippen molar-refractivity contribution in [1.29, 1.82) is 0 Å². The maximum atomic E-state index is 12.7.